The summed E-state index contributed by atoms with van der Waals surface area (Å²) in [5.41, 5.74) is 25.5. The van der Waals surface area contributed by atoms with E-state index >= 15 is 0 Å². The van der Waals surface area contributed by atoms with E-state index in [1.165, 1.54) is 107 Å². The summed E-state index contributed by atoms with van der Waals surface area (Å²) < 4.78 is 10.5. The van der Waals surface area contributed by atoms with Gasteiger partial charge in [0.05, 0.1) is 59.6 Å². The molecule has 376 valence electrons. The summed E-state index contributed by atoms with van der Waals surface area (Å²) in [6.07, 6.45) is 17.7. The molecular weight excluding hydrogens is 913 g/mol. The van der Waals surface area contributed by atoms with Crippen LogP contribution in [0, 0.1) is 49.4 Å². The molecule has 4 aromatic carbocycles. The number of hydrogen-bond donors (Lipinski definition) is 2. The third kappa shape index (κ3) is 7.83. The lowest BCUT2D eigenvalue weighted by Gasteiger charge is -2.30. The van der Waals surface area contributed by atoms with Gasteiger partial charge in [0.1, 0.15) is 0 Å². The van der Waals surface area contributed by atoms with Gasteiger partial charge in [-0.1, -0.05) is 122 Å². The van der Waals surface area contributed by atoms with Crippen LogP contribution in [0.3, 0.4) is 0 Å². The van der Waals surface area contributed by atoms with Gasteiger partial charge in [0.25, 0.3) is 0 Å². The van der Waals surface area contributed by atoms with E-state index in [4.69, 9.17) is 19.5 Å². The fraction of sp³-hybridized carbons (Fsp3) is 0.394. The van der Waals surface area contributed by atoms with E-state index in [1.807, 2.05) is 24.3 Å². The van der Waals surface area contributed by atoms with Crippen molar-refractivity contribution in [1.82, 2.24) is 10.3 Å². The van der Waals surface area contributed by atoms with E-state index in [9.17, 15) is 9.59 Å². The quantitative estimate of drug-likeness (QED) is 0.165. The number of methoxy groups -OCH3 is 2. The highest BCUT2D eigenvalue weighted by atomic mass is 16.5. The molecule has 0 radical (unpaired) electrons. The first-order chi connectivity index (χ1) is 36.3. The van der Waals surface area contributed by atoms with Gasteiger partial charge in [-0.15, -0.1) is 0 Å². The number of carbonyl (C=O) groups is 2. The van der Waals surface area contributed by atoms with E-state index in [1.54, 1.807) is 0 Å². The van der Waals surface area contributed by atoms with Crippen LogP contribution in [0.2, 0.25) is 0 Å². The number of aromatic amines is 1. The Morgan fingerprint density at radius 2 is 0.770 bits per heavy atom. The molecule has 8 heteroatoms. The standard InChI is InChI=1S/C66H68N4O4/c1-37-21-25-39(26-22-37)53-57-45-13-5-6-14-46(45)58(67-57)54(40-27-23-38(2)24-28-40)60-48-16-8-10-18-50(48)62(69-60)56(42-31-35-44(36-32-42)66(72)74-4)64-52-20-12-11-19-51(52)63(70-64)55(41-29-33-43(34-30-41)65(71)73-3)61-49-17-9-7-15-47(49)59(53)68-61/h21-36,45-50,67,70H,5-20H2,1-4H3. The Labute approximate surface area is 436 Å². The lowest BCUT2D eigenvalue weighted by molar-refractivity contribution is 0.0592. The van der Waals surface area contributed by atoms with Crippen molar-refractivity contribution in [2.24, 2.45) is 45.5 Å². The van der Waals surface area contributed by atoms with E-state index in [2.05, 4.69) is 96.9 Å². The average molecular weight is 981 g/mol. The number of nitrogens with zero attached hydrogens (tertiary/aromatic N) is 2. The molecule has 6 unspecified atom stereocenters. The maximum Gasteiger partial charge on any atom is 0.337 e. The van der Waals surface area contributed by atoms with E-state index in [0.717, 1.165) is 122 Å². The molecule has 5 aliphatic carbocycles. The monoisotopic (exact) mass is 981 g/mol. The fourth-order valence-corrected chi connectivity index (χ4v) is 14.9. The number of nitrogens with one attached hydrogen (secondary N) is 2. The minimum absolute atomic E-state index is 0.215. The van der Waals surface area contributed by atoms with Crippen molar-refractivity contribution in [3.8, 4) is 0 Å². The average Bonchev–Trinajstić information content (AvgIpc) is 4.23. The van der Waals surface area contributed by atoms with E-state index in [-0.39, 0.29) is 35.6 Å². The molecule has 4 heterocycles. The summed E-state index contributed by atoms with van der Waals surface area (Å²) in [5.74, 6) is 0.867. The molecule has 13 rings (SSSR count). The van der Waals surface area contributed by atoms with Crippen LogP contribution in [0.25, 0.3) is 22.3 Å². The van der Waals surface area contributed by atoms with E-state index < -0.39 is 0 Å². The Morgan fingerprint density at radius 1 is 0.432 bits per heavy atom. The molecule has 3 saturated carbocycles. The molecule has 4 fully saturated rings. The smallest absolute Gasteiger partial charge is 0.337 e. The second-order valence-corrected chi connectivity index (χ2v) is 22.6. The first-order valence-corrected chi connectivity index (χ1v) is 28.0. The molecule has 8 aliphatic rings. The number of aryl methyl sites for hydroxylation is 2. The van der Waals surface area contributed by atoms with Crippen molar-refractivity contribution in [2.45, 2.75) is 117 Å². The Hall–Kier alpha value is -6.80. The largest absolute Gasteiger partial charge is 0.465 e. The van der Waals surface area contributed by atoms with Crippen LogP contribution >= 0.6 is 0 Å². The van der Waals surface area contributed by atoms with Crippen LogP contribution in [-0.4, -0.2) is 42.6 Å². The SMILES string of the molecule is COC(=O)c1ccc(C2=C3N=C(C(c4ccc(C)cc4)=C4NC(=C(c5ccc(C)cc5)C5=NC(=C(c6ccc(C(=O)OC)cc6)c6[nH]c2c2c6CCCC2)C2CCCCC52)C2CCCCC42)C2CCCCC32)cc1. The molecule has 0 amide bonds. The van der Waals surface area contributed by atoms with Gasteiger partial charge in [-0.3, -0.25) is 9.98 Å². The number of carbonyl (C=O) groups excluding carboxylic acids is 2. The molecule has 5 aromatic rings. The summed E-state index contributed by atoms with van der Waals surface area (Å²) in [4.78, 5) is 42.8. The van der Waals surface area contributed by atoms with Crippen LogP contribution in [-0.2, 0) is 22.3 Å². The molecule has 8 bridgehead atoms. The minimum Gasteiger partial charge on any atom is -0.465 e. The lowest BCUT2D eigenvalue weighted by atomic mass is 9.71. The summed E-state index contributed by atoms with van der Waals surface area (Å²) in [6.45, 7) is 4.39. The zero-order chi connectivity index (χ0) is 50.2. The fourth-order valence-electron chi connectivity index (χ4n) is 14.9. The Bertz CT molecular complexity index is 3070. The molecule has 3 aliphatic heterocycles. The van der Waals surface area contributed by atoms with Gasteiger partial charge < -0.3 is 19.8 Å². The molecule has 1 aromatic heterocycles. The maximum atomic E-state index is 13.0. The topological polar surface area (TPSA) is 105 Å². The summed E-state index contributed by atoms with van der Waals surface area (Å²) in [7, 11) is 2.90. The second-order valence-electron chi connectivity index (χ2n) is 22.6. The van der Waals surface area contributed by atoms with Gasteiger partial charge in [0, 0.05) is 69.2 Å². The Balaban J connectivity index is 1.20. The third-order valence-electron chi connectivity index (χ3n) is 18.4. The van der Waals surface area contributed by atoms with Crippen molar-refractivity contribution >= 4 is 45.7 Å². The number of allylic oxidation sites excluding steroid dienone is 6. The highest BCUT2D eigenvalue weighted by Crippen LogP contribution is 2.56. The summed E-state index contributed by atoms with van der Waals surface area (Å²) >= 11 is 0. The highest BCUT2D eigenvalue weighted by Gasteiger charge is 2.49. The van der Waals surface area contributed by atoms with Gasteiger partial charge in [-0.25, -0.2) is 9.59 Å². The molecule has 0 spiro atoms. The molecule has 1 saturated heterocycles. The number of benzene rings is 4. The van der Waals surface area contributed by atoms with Crippen LogP contribution in [0.4, 0.5) is 0 Å². The van der Waals surface area contributed by atoms with Gasteiger partial charge in [0.2, 0.25) is 0 Å². The van der Waals surface area contributed by atoms with Crippen molar-refractivity contribution in [2.75, 3.05) is 14.2 Å². The molecule has 8 nitrogen and oxygen atoms in total. The first-order valence-electron chi connectivity index (χ1n) is 28.0. The van der Waals surface area contributed by atoms with E-state index in [0.29, 0.717) is 23.0 Å². The van der Waals surface area contributed by atoms with Crippen molar-refractivity contribution < 1.29 is 19.1 Å². The lowest BCUT2D eigenvalue weighted by Crippen LogP contribution is -2.26. The van der Waals surface area contributed by atoms with Gasteiger partial charge in [0.15, 0.2) is 0 Å². The molecular formula is C66H68N4O4. The number of H-pyrrole nitrogens is 1. The minimum atomic E-state index is -0.342. The van der Waals surface area contributed by atoms with Crippen LogP contribution in [0.15, 0.2) is 130 Å². The van der Waals surface area contributed by atoms with Crippen LogP contribution in [0.5, 0.6) is 0 Å². The number of aliphatic imine (C=N–C) groups is 2. The predicted octanol–water partition coefficient (Wildman–Crippen LogP) is 14.4. The zero-order valence-electron chi connectivity index (χ0n) is 43.5. The molecule has 2 N–H and O–H groups in total. The van der Waals surface area contributed by atoms with Gasteiger partial charge in [-0.2, -0.15) is 0 Å². The van der Waals surface area contributed by atoms with Crippen molar-refractivity contribution in [1.29, 1.82) is 0 Å². The molecule has 6 atom stereocenters. The van der Waals surface area contributed by atoms with Gasteiger partial charge in [-0.05, 0) is 136 Å². The van der Waals surface area contributed by atoms with Crippen molar-refractivity contribution in [3.63, 3.8) is 0 Å². The van der Waals surface area contributed by atoms with Gasteiger partial charge >= 0.3 is 11.9 Å². The van der Waals surface area contributed by atoms with Crippen molar-refractivity contribution in [3.05, 3.63) is 187 Å². The Kier molecular flexibility index (Phi) is 12.2. The number of esters is 2. The number of rotatable bonds is 6. The Morgan fingerprint density at radius 3 is 1.15 bits per heavy atom. The number of aromatic nitrogens is 1. The summed E-state index contributed by atoms with van der Waals surface area (Å²) in [6, 6.07) is 34.9. The third-order valence-corrected chi connectivity index (χ3v) is 18.4. The molecule has 74 heavy (non-hydrogen) atoms. The highest BCUT2D eigenvalue weighted by molar-refractivity contribution is 6.29. The van der Waals surface area contributed by atoms with Crippen LogP contribution < -0.4 is 5.32 Å². The second kappa shape index (κ2) is 19.2. The number of ether oxygens (including phenoxy) is 2. The maximum absolute atomic E-state index is 13.0. The van der Waals surface area contributed by atoms with Crippen LogP contribution in [0.1, 0.15) is 167 Å². The number of hydrogen-bond acceptors (Lipinski definition) is 7. The zero-order valence-corrected chi connectivity index (χ0v) is 43.5. The summed E-state index contributed by atoms with van der Waals surface area (Å²) in [5, 5.41) is 4.45. The first kappa shape index (κ1) is 46.9. The predicted molar refractivity (Wildman–Crippen MR) is 296 cm³/mol. The normalized spacial score (nSPS) is 25.1.